The summed E-state index contributed by atoms with van der Waals surface area (Å²) in [6.07, 6.45) is 6.80. The van der Waals surface area contributed by atoms with Crippen molar-refractivity contribution < 1.29 is 14.3 Å². The van der Waals surface area contributed by atoms with Gasteiger partial charge in [-0.3, -0.25) is 4.79 Å². The Morgan fingerprint density at radius 1 is 1.38 bits per heavy atom. The number of amides is 1. The Morgan fingerprint density at radius 3 is 2.96 bits per heavy atom. The van der Waals surface area contributed by atoms with Gasteiger partial charge in [0.05, 0.1) is 18.3 Å². The molecule has 0 saturated carbocycles. The summed E-state index contributed by atoms with van der Waals surface area (Å²) in [6, 6.07) is 5.88. The number of ether oxygens (including phenoxy) is 2. The third kappa shape index (κ3) is 5.16. The molecular weight excluding hydrogens is 332 g/mol. The molecule has 0 aromatic carbocycles. The first kappa shape index (κ1) is 18.6. The Morgan fingerprint density at radius 2 is 2.23 bits per heavy atom. The third-order valence-corrected chi connectivity index (χ3v) is 4.88. The lowest BCUT2D eigenvalue weighted by Gasteiger charge is -2.33. The number of pyridine rings is 1. The van der Waals surface area contributed by atoms with Gasteiger partial charge in [-0.05, 0) is 44.2 Å². The third-order valence-electron chi connectivity index (χ3n) is 4.88. The fraction of sp³-hybridized carbons (Fsp3) is 0.632. The Kier molecular flexibility index (Phi) is 6.81. The molecule has 0 spiro atoms. The van der Waals surface area contributed by atoms with Gasteiger partial charge >= 0.3 is 0 Å². The average molecular weight is 358 g/mol. The molecule has 3 rings (SSSR count). The maximum absolute atomic E-state index is 12.1. The van der Waals surface area contributed by atoms with E-state index in [0.29, 0.717) is 12.2 Å². The predicted octanol–water partition coefficient (Wildman–Crippen LogP) is 1.62. The van der Waals surface area contributed by atoms with Crippen LogP contribution in [-0.2, 0) is 14.3 Å². The first-order chi connectivity index (χ1) is 12.8. The fourth-order valence-corrected chi connectivity index (χ4v) is 3.46. The Hall–Kier alpha value is -2.17. The van der Waals surface area contributed by atoms with E-state index in [0.717, 1.165) is 51.2 Å². The lowest BCUT2D eigenvalue weighted by molar-refractivity contribution is -0.128. The summed E-state index contributed by atoms with van der Waals surface area (Å²) >= 11 is 0. The summed E-state index contributed by atoms with van der Waals surface area (Å²) in [5.74, 6) is 0.658. The number of nitrogens with one attached hydrogen (secondary N) is 1. The molecule has 1 aromatic rings. The molecule has 2 aliphatic rings. The number of rotatable bonds is 6. The number of carbonyl (C=O) groups excluding carboxylic acids is 1. The first-order valence-corrected chi connectivity index (χ1v) is 9.35. The van der Waals surface area contributed by atoms with Crippen LogP contribution in [0.15, 0.2) is 18.3 Å². The molecule has 7 heteroatoms. The normalized spacial score (nSPS) is 21.2. The predicted molar refractivity (Wildman–Crippen MR) is 96.7 cm³/mol. The molecule has 2 saturated heterocycles. The molecule has 3 heterocycles. The second kappa shape index (κ2) is 9.51. The summed E-state index contributed by atoms with van der Waals surface area (Å²) in [7, 11) is 0. The van der Waals surface area contributed by atoms with E-state index >= 15 is 0 Å². The van der Waals surface area contributed by atoms with Crippen molar-refractivity contribution in [1.29, 1.82) is 5.26 Å². The van der Waals surface area contributed by atoms with Crippen LogP contribution in [0, 0.1) is 11.3 Å². The Bertz CT molecular complexity index is 632. The maximum atomic E-state index is 12.1. The van der Waals surface area contributed by atoms with Crippen LogP contribution in [0.5, 0.6) is 0 Å². The molecular formula is C19H26N4O3. The monoisotopic (exact) mass is 358 g/mol. The van der Waals surface area contributed by atoms with E-state index in [1.807, 2.05) is 0 Å². The molecule has 1 atom stereocenters. The maximum Gasteiger partial charge on any atom is 0.246 e. The zero-order valence-electron chi connectivity index (χ0n) is 15.0. The van der Waals surface area contributed by atoms with E-state index in [2.05, 4.69) is 21.3 Å². The van der Waals surface area contributed by atoms with Crippen LogP contribution in [0.25, 0.3) is 0 Å². The molecule has 2 fully saturated rings. The Balaban J connectivity index is 1.37. The molecule has 7 nitrogen and oxygen atoms in total. The smallest absolute Gasteiger partial charge is 0.246 e. The topological polar surface area (TPSA) is 87.5 Å². The van der Waals surface area contributed by atoms with Crippen molar-refractivity contribution in [3.8, 4) is 6.07 Å². The molecule has 0 unspecified atom stereocenters. The van der Waals surface area contributed by atoms with Gasteiger partial charge in [-0.25, -0.2) is 4.98 Å². The van der Waals surface area contributed by atoms with Gasteiger partial charge in [0.25, 0.3) is 0 Å². The van der Waals surface area contributed by atoms with Crippen molar-refractivity contribution in [2.45, 2.75) is 44.2 Å². The molecule has 26 heavy (non-hydrogen) atoms. The number of carbonyl (C=O) groups is 1. The minimum atomic E-state index is -0.0743. The number of anilines is 1. The largest absolute Gasteiger partial charge is 0.376 e. The van der Waals surface area contributed by atoms with Crippen LogP contribution in [0.4, 0.5) is 5.82 Å². The molecule has 0 radical (unpaired) electrons. The highest BCUT2D eigenvalue weighted by molar-refractivity contribution is 5.77. The van der Waals surface area contributed by atoms with E-state index in [-0.39, 0.29) is 24.7 Å². The number of nitrogens with zero attached hydrogens (tertiary/aromatic N) is 3. The fourth-order valence-electron chi connectivity index (χ4n) is 3.46. The van der Waals surface area contributed by atoms with E-state index in [9.17, 15) is 10.1 Å². The van der Waals surface area contributed by atoms with Crippen molar-refractivity contribution in [2.75, 3.05) is 37.8 Å². The molecule has 1 aromatic heterocycles. The van der Waals surface area contributed by atoms with Crippen molar-refractivity contribution in [1.82, 2.24) is 10.3 Å². The van der Waals surface area contributed by atoms with Crippen LogP contribution in [0.3, 0.4) is 0 Å². The first-order valence-electron chi connectivity index (χ1n) is 9.35. The molecule has 140 valence electrons. The van der Waals surface area contributed by atoms with Gasteiger partial charge in [0, 0.05) is 31.9 Å². The van der Waals surface area contributed by atoms with Crippen molar-refractivity contribution in [3.05, 3.63) is 23.9 Å². The van der Waals surface area contributed by atoms with Crippen LogP contribution in [-0.4, -0.2) is 55.9 Å². The molecule has 2 aliphatic heterocycles. The number of nitriles is 1. The number of hydrogen-bond donors (Lipinski definition) is 1. The van der Waals surface area contributed by atoms with Crippen LogP contribution in [0.2, 0.25) is 0 Å². The highest BCUT2D eigenvalue weighted by Crippen LogP contribution is 2.21. The highest BCUT2D eigenvalue weighted by Gasteiger charge is 2.23. The second-order valence-corrected chi connectivity index (χ2v) is 6.82. The summed E-state index contributed by atoms with van der Waals surface area (Å²) in [5, 5.41) is 12.2. The van der Waals surface area contributed by atoms with Crippen LogP contribution in [0.1, 0.15) is 37.7 Å². The Labute approximate surface area is 154 Å². The summed E-state index contributed by atoms with van der Waals surface area (Å²) in [6.45, 7) is 2.91. The standard InChI is InChI=1S/C19H26N4O3/c20-12-15-4-3-8-21-19(15)23-9-6-16(7-10-23)22-18(24)14-25-13-17-5-1-2-11-26-17/h3-4,8,16-17H,1-2,5-7,9-11,13-14H2,(H,22,24)/t17-/m0/s1. The molecule has 1 amide bonds. The second-order valence-electron chi connectivity index (χ2n) is 6.82. The molecule has 0 bridgehead atoms. The van der Waals surface area contributed by atoms with Gasteiger partial charge < -0.3 is 19.7 Å². The summed E-state index contributed by atoms with van der Waals surface area (Å²) in [5.41, 5.74) is 0.591. The lowest BCUT2D eigenvalue weighted by atomic mass is 10.0. The quantitative estimate of drug-likeness (QED) is 0.831. The van der Waals surface area contributed by atoms with Gasteiger partial charge in [-0.15, -0.1) is 0 Å². The highest BCUT2D eigenvalue weighted by atomic mass is 16.5. The van der Waals surface area contributed by atoms with E-state index in [4.69, 9.17) is 9.47 Å². The molecule has 0 aliphatic carbocycles. The van der Waals surface area contributed by atoms with Crippen molar-refractivity contribution in [2.24, 2.45) is 0 Å². The van der Waals surface area contributed by atoms with Gasteiger partial charge in [-0.1, -0.05) is 0 Å². The van der Waals surface area contributed by atoms with E-state index in [1.165, 1.54) is 6.42 Å². The summed E-state index contributed by atoms with van der Waals surface area (Å²) < 4.78 is 11.1. The van der Waals surface area contributed by atoms with Crippen LogP contribution >= 0.6 is 0 Å². The summed E-state index contributed by atoms with van der Waals surface area (Å²) in [4.78, 5) is 18.5. The van der Waals surface area contributed by atoms with Gasteiger partial charge in [0.2, 0.25) is 5.91 Å². The van der Waals surface area contributed by atoms with Gasteiger partial charge in [-0.2, -0.15) is 5.26 Å². The minimum Gasteiger partial charge on any atom is -0.376 e. The lowest BCUT2D eigenvalue weighted by Crippen LogP contribution is -2.46. The minimum absolute atomic E-state index is 0.0743. The van der Waals surface area contributed by atoms with E-state index < -0.39 is 0 Å². The van der Waals surface area contributed by atoms with Gasteiger partial charge in [0.1, 0.15) is 18.5 Å². The zero-order valence-corrected chi connectivity index (χ0v) is 15.0. The van der Waals surface area contributed by atoms with Gasteiger partial charge in [0.15, 0.2) is 0 Å². The number of piperidine rings is 1. The molecule has 1 N–H and O–H groups in total. The number of aromatic nitrogens is 1. The van der Waals surface area contributed by atoms with Crippen LogP contribution < -0.4 is 10.2 Å². The zero-order chi connectivity index (χ0) is 18.2. The SMILES string of the molecule is N#Cc1cccnc1N1CCC(NC(=O)COC[C@@H]2CCCCO2)CC1. The van der Waals surface area contributed by atoms with Crippen molar-refractivity contribution >= 4 is 11.7 Å². The number of hydrogen-bond acceptors (Lipinski definition) is 6. The average Bonchev–Trinajstić information content (AvgIpc) is 2.69. The van der Waals surface area contributed by atoms with E-state index in [1.54, 1.807) is 18.3 Å². The van der Waals surface area contributed by atoms with Crippen molar-refractivity contribution in [3.63, 3.8) is 0 Å².